The highest BCUT2D eigenvalue weighted by atomic mass is 19.1. The summed E-state index contributed by atoms with van der Waals surface area (Å²) in [7, 11) is 0. The van der Waals surface area contributed by atoms with Gasteiger partial charge in [0.05, 0.1) is 6.07 Å². The van der Waals surface area contributed by atoms with Crippen LogP contribution >= 0.6 is 0 Å². The molecule has 2 aromatic carbocycles. The lowest BCUT2D eigenvalue weighted by atomic mass is 10.0. The summed E-state index contributed by atoms with van der Waals surface area (Å²) in [5.41, 5.74) is 3.41. The highest BCUT2D eigenvalue weighted by molar-refractivity contribution is 5.49. The van der Waals surface area contributed by atoms with Crippen molar-refractivity contribution in [3.8, 4) is 6.07 Å². The Morgan fingerprint density at radius 3 is 2.53 bits per heavy atom. The Morgan fingerprint density at radius 2 is 1.89 bits per heavy atom. The number of nitriles is 1. The van der Waals surface area contributed by atoms with E-state index < -0.39 is 6.04 Å². The SMILES string of the molecule is Cc1cc(F)cc(NC(C#N)c2cccc(C)c2)c1. The van der Waals surface area contributed by atoms with Crippen molar-refractivity contribution in [1.82, 2.24) is 0 Å². The second-order valence-corrected chi connectivity index (χ2v) is 4.64. The van der Waals surface area contributed by atoms with Gasteiger partial charge in [-0.05, 0) is 43.2 Å². The topological polar surface area (TPSA) is 35.8 Å². The second kappa shape index (κ2) is 5.53. The molecule has 0 heterocycles. The van der Waals surface area contributed by atoms with Crippen LogP contribution in [0.4, 0.5) is 10.1 Å². The van der Waals surface area contributed by atoms with Crippen molar-refractivity contribution in [3.63, 3.8) is 0 Å². The van der Waals surface area contributed by atoms with Crippen LogP contribution in [0.5, 0.6) is 0 Å². The van der Waals surface area contributed by atoms with Crippen LogP contribution in [0.2, 0.25) is 0 Å². The Bertz CT molecular complexity index is 609. The molecule has 0 saturated heterocycles. The molecule has 0 aromatic heterocycles. The maximum atomic E-state index is 13.3. The lowest BCUT2D eigenvalue weighted by molar-refractivity contribution is 0.627. The normalized spacial score (nSPS) is 11.7. The molecule has 0 aliphatic carbocycles. The summed E-state index contributed by atoms with van der Waals surface area (Å²) in [5, 5.41) is 12.3. The van der Waals surface area contributed by atoms with E-state index in [2.05, 4.69) is 11.4 Å². The molecule has 0 radical (unpaired) electrons. The van der Waals surface area contributed by atoms with E-state index in [0.29, 0.717) is 5.69 Å². The van der Waals surface area contributed by atoms with Gasteiger partial charge in [0.15, 0.2) is 0 Å². The van der Waals surface area contributed by atoms with Crippen molar-refractivity contribution in [2.24, 2.45) is 0 Å². The van der Waals surface area contributed by atoms with Crippen LogP contribution in [0.15, 0.2) is 42.5 Å². The molecule has 96 valence electrons. The summed E-state index contributed by atoms with van der Waals surface area (Å²) < 4.78 is 13.3. The third-order valence-electron chi connectivity index (χ3n) is 2.86. The zero-order chi connectivity index (χ0) is 13.8. The highest BCUT2D eigenvalue weighted by Gasteiger charge is 2.11. The largest absolute Gasteiger partial charge is 0.366 e. The molecular weight excluding hydrogens is 239 g/mol. The van der Waals surface area contributed by atoms with Gasteiger partial charge in [0.25, 0.3) is 0 Å². The van der Waals surface area contributed by atoms with Crippen molar-refractivity contribution in [2.75, 3.05) is 5.32 Å². The lowest BCUT2D eigenvalue weighted by Crippen LogP contribution is -2.09. The Morgan fingerprint density at radius 1 is 1.11 bits per heavy atom. The first-order valence-electron chi connectivity index (χ1n) is 6.08. The van der Waals surface area contributed by atoms with Gasteiger partial charge in [-0.2, -0.15) is 5.26 Å². The number of nitrogens with one attached hydrogen (secondary N) is 1. The van der Waals surface area contributed by atoms with E-state index in [1.54, 1.807) is 0 Å². The van der Waals surface area contributed by atoms with Crippen molar-refractivity contribution in [2.45, 2.75) is 19.9 Å². The average Bonchev–Trinajstić information content (AvgIpc) is 2.34. The van der Waals surface area contributed by atoms with Gasteiger partial charge in [-0.1, -0.05) is 29.8 Å². The third kappa shape index (κ3) is 3.32. The number of hydrogen-bond donors (Lipinski definition) is 1. The predicted molar refractivity (Wildman–Crippen MR) is 74.3 cm³/mol. The zero-order valence-corrected chi connectivity index (χ0v) is 10.9. The molecule has 0 saturated carbocycles. The van der Waals surface area contributed by atoms with Gasteiger partial charge in [0.1, 0.15) is 11.9 Å². The number of aryl methyl sites for hydroxylation is 2. The van der Waals surface area contributed by atoms with Crippen molar-refractivity contribution in [1.29, 1.82) is 5.26 Å². The molecule has 0 aliphatic rings. The van der Waals surface area contributed by atoms with Crippen molar-refractivity contribution < 1.29 is 4.39 Å². The van der Waals surface area contributed by atoms with E-state index >= 15 is 0 Å². The molecule has 1 atom stereocenters. The van der Waals surface area contributed by atoms with Gasteiger partial charge in [-0.25, -0.2) is 4.39 Å². The lowest BCUT2D eigenvalue weighted by Gasteiger charge is -2.14. The maximum Gasteiger partial charge on any atom is 0.140 e. The van der Waals surface area contributed by atoms with Crippen LogP contribution in [0.25, 0.3) is 0 Å². The molecule has 19 heavy (non-hydrogen) atoms. The number of benzene rings is 2. The minimum absolute atomic E-state index is 0.302. The predicted octanol–water partition coefficient (Wildman–Crippen LogP) is 4.12. The fraction of sp³-hybridized carbons (Fsp3) is 0.188. The van der Waals surface area contributed by atoms with E-state index in [0.717, 1.165) is 16.7 Å². The van der Waals surface area contributed by atoms with Gasteiger partial charge in [0.2, 0.25) is 0 Å². The third-order valence-corrected chi connectivity index (χ3v) is 2.86. The van der Waals surface area contributed by atoms with Gasteiger partial charge in [-0.15, -0.1) is 0 Å². The quantitative estimate of drug-likeness (QED) is 0.894. The van der Waals surface area contributed by atoms with Crippen LogP contribution in [-0.4, -0.2) is 0 Å². The van der Waals surface area contributed by atoms with Crippen LogP contribution in [0, 0.1) is 31.0 Å². The minimum Gasteiger partial charge on any atom is -0.366 e. The molecule has 0 amide bonds. The number of anilines is 1. The number of nitrogens with zero attached hydrogens (tertiary/aromatic N) is 1. The van der Waals surface area contributed by atoms with Crippen LogP contribution in [0.3, 0.4) is 0 Å². The summed E-state index contributed by atoms with van der Waals surface area (Å²) in [6, 6.07) is 14.1. The molecule has 0 fully saturated rings. The first-order valence-corrected chi connectivity index (χ1v) is 6.08. The van der Waals surface area contributed by atoms with Crippen LogP contribution in [0.1, 0.15) is 22.7 Å². The van der Waals surface area contributed by atoms with Crippen molar-refractivity contribution >= 4 is 5.69 Å². The fourth-order valence-corrected chi connectivity index (χ4v) is 2.03. The molecule has 3 heteroatoms. The summed E-state index contributed by atoms with van der Waals surface area (Å²) >= 11 is 0. The summed E-state index contributed by atoms with van der Waals surface area (Å²) in [6.07, 6.45) is 0. The molecule has 0 bridgehead atoms. The summed E-state index contributed by atoms with van der Waals surface area (Å²) in [6.45, 7) is 3.80. The van der Waals surface area contributed by atoms with E-state index in [4.69, 9.17) is 0 Å². The number of halogens is 1. The number of hydrogen-bond acceptors (Lipinski definition) is 2. The molecule has 1 unspecified atom stereocenters. The highest BCUT2D eigenvalue weighted by Crippen LogP contribution is 2.21. The van der Waals surface area contributed by atoms with Crippen LogP contribution in [-0.2, 0) is 0 Å². The summed E-state index contributed by atoms with van der Waals surface area (Å²) in [5.74, 6) is -0.302. The molecule has 0 spiro atoms. The summed E-state index contributed by atoms with van der Waals surface area (Å²) in [4.78, 5) is 0. The first-order chi connectivity index (χ1) is 9.08. The average molecular weight is 254 g/mol. The van der Waals surface area contributed by atoms with E-state index in [1.807, 2.05) is 44.2 Å². The Hall–Kier alpha value is -2.34. The second-order valence-electron chi connectivity index (χ2n) is 4.64. The Labute approximate surface area is 112 Å². The molecule has 0 aliphatic heterocycles. The van der Waals surface area contributed by atoms with E-state index in [-0.39, 0.29) is 5.82 Å². The van der Waals surface area contributed by atoms with E-state index in [9.17, 15) is 9.65 Å². The van der Waals surface area contributed by atoms with Gasteiger partial charge in [-0.3, -0.25) is 0 Å². The fourth-order valence-electron chi connectivity index (χ4n) is 2.03. The van der Waals surface area contributed by atoms with E-state index in [1.165, 1.54) is 12.1 Å². The van der Waals surface area contributed by atoms with Crippen molar-refractivity contribution in [3.05, 3.63) is 65.0 Å². The van der Waals surface area contributed by atoms with Crippen LogP contribution < -0.4 is 5.32 Å². The molecular formula is C16H15FN2. The van der Waals surface area contributed by atoms with Gasteiger partial charge in [0, 0.05) is 5.69 Å². The van der Waals surface area contributed by atoms with Gasteiger partial charge >= 0.3 is 0 Å². The molecule has 2 rings (SSSR count). The standard InChI is InChI=1S/C16H15FN2/c1-11-4-3-5-13(6-11)16(10-18)19-15-8-12(2)7-14(17)9-15/h3-9,16,19H,1-2H3. The maximum absolute atomic E-state index is 13.3. The minimum atomic E-state index is -0.485. The van der Waals surface area contributed by atoms with Gasteiger partial charge < -0.3 is 5.32 Å². The zero-order valence-electron chi connectivity index (χ0n) is 10.9. The number of rotatable bonds is 3. The molecule has 2 aromatic rings. The molecule has 2 nitrogen and oxygen atoms in total. The molecule has 1 N–H and O–H groups in total. The monoisotopic (exact) mass is 254 g/mol. The Balaban J connectivity index is 2.27. The first kappa shape index (κ1) is 13.1. The smallest absolute Gasteiger partial charge is 0.140 e. The Kier molecular flexibility index (Phi) is 3.82.